The van der Waals surface area contributed by atoms with E-state index in [0.717, 1.165) is 24.0 Å². The number of benzene rings is 1. The molecule has 21 heavy (non-hydrogen) atoms. The second-order valence-corrected chi connectivity index (χ2v) is 4.60. The molecule has 1 aliphatic carbocycles. The molecule has 1 aromatic rings. The van der Waals surface area contributed by atoms with Crippen molar-refractivity contribution in [3.05, 3.63) is 59.2 Å². The molecule has 0 saturated carbocycles. The van der Waals surface area contributed by atoms with E-state index in [-0.39, 0.29) is 12.6 Å². The van der Waals surface area contributed by atoms with Crippen LogP contribution in [-0.4, -0.2) is 26.3 Å². The van der Waals surface area contributed by atoms with Gasteiger partial charge in [0.25, 0.3) is 0 Å². The number of carbonyl (C=O) groups excluding carboxylic acids is 1. The van der Waals surface area contributed by atoms with E-state index < -0.39 is 0 Å². The highest BCUT2D eigenvalue weighted by Gasteiger charge is 2.05. The lowest BCUT2D eigenvalue weighted by atomic mass is 10.1. The molecule has 0 saturated heterocycles. The molecule has 108 valence electrons. The van der Waals surface area contributed by atoms with E-state index in [0.29, 0.717) is 12.2 Å². The third-order valence-electron chi connectivity index (χ3n) is 2.99. The van der Waals surface area contributed by atoms with Crippen molar-refractivity contribution in [2.24, 2.45) is 0 Å². The number of methoxy groups -OCH3 is 1. The first-order valence-electron chi connectivity index (χ1n) is 6.94. The van der Waals surface area contributed by atoms with Crippen LogP contribution in [0.1, 0.15) is 28.8 Å². The average molecular weight is 282 g/mol. The third kappa shape index (κ3) is 4.94. The number of esters is 1. The zero-order valence-corrected chi connectivity index (χ0v) is 12.1. The lowest BCUT2D eigenvalue weighted by Gasteiger charge is -2.03. The highest BCUT2D eigenvalue weighted by Crippen LogP contribution is 2.09. The predicted molar refractivity (Wildman–Crippen MR) is 81.9 cm³/mol. The number of ether oxygens (including phenoxy) is 2. The van der Waals surface area contributed by atoms with Crippen LogP contribution in [0.4, 0.5) is 0 Å². The Morgan fingerprint density at radius 2 is 1.95 bits per heavy atom. The molecule has 0 unspecified atom stereocenters. The van der Waals surface area contributed by atoms with Crippen molar-refractivity contribution in [3.63, 3.8) is 0 Å². The smallest absolute Gasteiger partial charge is 0.338 e. The van der Waals surface area contributed by atoms with Crippen LogP contribution >= 0.6 is 0 Å². The molecule has 0 atom stereocenters. The van der Waals surface area contributed by atoms with Crippen LogP contribution in [0.2, 0.25) is 0 Å². The largest absolute Gasteiger partial charge is 0.460 e. The van der Waals surface area contributed by atoms with Crippen LogP contribution in [0.3, 0.4) is 0 Å². The maximum absolute atomic E-state index is 11.7. The van der Waals surface area contributed by atoms with Crippen molar-refractivity contribution < 1.29 is 14.3 Å². The molecule has 1 aromatic carbocycles. The number of rotatable bonds is 4. The van der Waals surface area contributed by atoms with Crippen LogP contribution in [0.15, 0.2) is 48.1 Å². The fourth-order valence-electron chi connectivity index (χ4n) is 1.84. The quantitative estimate of drug-likeness (QED) is 0.483. The van der Waals surface area contributed by atoms with Gasteiger partial charge in [0.15, 0.2) is 0 Å². The lowest BCUT2D eigenvalue weighted by Crippen LogP contribution is -2.09. The first-order chi connectivity index (χ1) is 10.3. The Morgan fingerprint density at radius 1 is 1.14 bits per heavy atom. The fraction of sp³-hybridized carbons (Fsp3) is 0.278. The third-order valence-corrected chi connectivity index (χ3v) is 2.99. The van der Waals surface area contributed by atoms with E-state index in [1.54, 1.807) is 19.2 Å². The van der Waals surface area contributed by atoms with Crippen molar-refractivity contribution >= 4 is 5.97 Å². The summed E-state index contributed by atoms with van der Waals surface area (Å²) in [5, 5.41) is 0. The van der Waals surface area contributed by atoms with Gasteiger partial charge in [-0.05, 0) is 37.1 Å². The molecule has 1 aliphatic rings. The van der Waals surface area contributed by atoms with E-state index in [1.807, 2.05) is 18.2 Å². The highest BCUT2D eigenvalue weighted by molar-refractivity contribution is 5.89. The molecule has 3 nitrogen and oxygen atoms in total. The van der Waals surface area contributed by atoms with Gasteiger partial charge in [-0.3, -0.25) is 0 Å². The average Bonchev–Trinajstić information content (AvgIpc) is 2.54. The summed E-state index contributed by atoms with van der Waals surface area (Å²) >= 11 is 0. The Morgan fingerprint density at radius 3 is 2.62 bits per heavy atom. The summed E-state index contributed by atoms with van der Waals surface area (Å²) in [7, 11) is 1.57. The predicted octanol–water partition coefficient (Wildman–Crippen LogP) is 3.12. The zero-order chi connectivity index (χ0) is 14.9. The van der Waals surface area contributed by atoms with Gasteiger partial charge in [0.05, 0.1) is 12.2 Å². The van der Waals surface area contributed by atoms with E-state index in [2.05, 4.69) is 24.0 Å². The van der Waals surface area contributed by atoms with Gasteiger partial charge >= 0.3 is 5.97 Å². The molecule has 3 heteroatoms. The minimum absolute atomic E-state index is 0.261. The summed E-state index contributed by atoms with van der Waals surface area (Å²) in [5.74, 6) is 5.87. The Labute approximate surface area is 125 Å². The first-order valence-corrected chi connectivity index (χ1v) is 6.94. The van der Waals surface area contributed by atoms with Crippen LogP contribution in [0.5, 0.6) is 0 Å². The molecule has 0 bridgehead atoms. The number of carbonyl (C=O) groups is 1. The Bertz CT molecular complexity index is 598. The summed E-state index contributed by atoms with van der Waals surface area (Å²) in [6.07, 6.45) is 8.44. The van der Waals surface area contributed by atoms with E-state index >= 15 is 0 Å². The van der Waals surface area contributed by atoms with Crippen molar-refractivity contribution in [2.45, 2.75) is 12.8 Å². The molecule has 2 rings (SSSR count). The maximum atomic E-state index is 11.7. The Hall–Kier alpha value is -2.31. The summed E-state index contributed by atoms with van der Waals surface area (Å²) in [6.45, 7) is 0.662. The highest BCUT2D eigenvalue weighted by atomic mass is 16.6. The summed E-state index contributed by atoms with van der Waals surface area (Å²) in [5.41, 5.74) is 2.45. The second kappa shape index (κ2) is 8.08. The van der Waals surface area contributed by atoms with Crippen molar-refractivity contribution in [3.8, 4) is 11.8 Å². The molecule has 0 fully saturated rings. The number of hydrogen-bond donors (Lipinski definition) is 0. The van der Waals surface area contributed by atoms with Gasteiger partial charge in [0.1, 0.15) is 6.61 Å². The standard InChI is InChI=1S/C18H18O3/c1-20-13-14-21-18(19)17-11-9-16(10-12-17)8-7-15-5-3-2-4-6-15/h3,5-6,9-12H,2,4,13-14H2,1H3. The van der Waals surface area contributed by atoms with Gasteiger partial charge in [-0.1, -0.05) is 30.1 Å². The summed E-state index contributed by atoms with van der Waals surface area (Å²) in [4.78, 5) is 11.7. The van der Waals surface area contributed by atoms with Crippen LogP contribution < -0.4 is 0 Å². The van der Waals surface area contributed by atoms with Gasteiger partial charge in [-0.2, -0.15) is 0 Å². The van der Waals surface area contributed by atoms with Crippen molar-refractivity contribution in [2.75, 3.05) is 20.3 Å². The fourth-order valence-corrected chi connectivity index (χ4v) is 1.84. The van der Waals surface area contributed by atoms with Gasteiger partial charge in [-0.25, -0.2) is 4.79 Å². The lowest BCUT2D eigenvalue weighted by molar-refractivity contribution is 0.0388. The maximum Gasteiger partial charge on any atom is 0.338 e. The minimum Gasteiger partial charge on any atom is -0.460 e. The zero-order valence-electron chi connectivity index (χ0n) is 12.1. The van der Waals surface area contributed by atoms with Crippen LogP contribution in [0.25, 0.3) is 0 Å². The number of allylic oxidation sites excluding steroid dienone is 4. The van der Waals surface area contributed by atoms with E-state index in [9.17, 15) is 4.79 Å². The van der Waals surface area contributed by atoms with Crippen LogP contribution in [0, 0.1) is 11.8 Å². The topological polar surface area (TPSA) is 35.5 Å². The van der Waals surface area contributed by atoms with E-state index in [4.69, 9.17) is 9.47 Å². The molecular weight excluding hydrogens is 264 g/mol. The minimum atomic E-state index is -0.343. The van der Waals surface area contributed by atoms with Crippen molar-refractivity contribution in [1.29, 1.82) is 0 Å². The second-order valence-electron chi connectivity index (χ2n) is 4.60. The Kier molecular flexibility index (Phi) is 5.81. The number of hydrogen-bond acceptors (Lipinski definition) is 3. The van der Waals surface area contributed by atoms with Crippen LogP contribution in [-0.2, 0) is 9.47 Å². The monoisotopic (exact) mass is 282 g/mol. The molecule has 0 amide bonds. The summed E-state index contributed by atoms with van der Waals surface area (Å²) in [6, 6.07) is 7.11. The molecule has 0 heterocycles. The molecule has 0 spiro atoms. The van der Waals surface area contributed by atoms with E-state index in [1.165, 1.54) is 0 Å². The molecule has 0 N–H and O–H groups in total. The van der Waals surface area contributed by atoms with Gasteiger partial charge in [0.2, 0.25) is 0 Å². The first kappa shape index (κ1) is 15.1. The normalized spacial score (nSPS) is 13.1. The van der Waals surface area contributed by atoms with Gasteiger partial charge < -0.3 is 9.47 Å². The molecule has 0 aliphatic heterocycles. The SMILES string of the molecule is COCCOC(=O)c1ccc(C#CC2=CCCC=C2)cc1. The molecular formula is C18H18O3. The molecule has 0 aromatic heterocycles. The Balaban J connectivity index is 1.96. The molecule has 0 radical (unpaired) electrons. The van der Waals surface area contributed by atoms with Crippen molar-refractivity contribution in [1.82, 2.24) is 0 Å². The summed E-state index contributed by atoms with van der Waals surface area (Å²) < 4.78 is 9.88. The van der Waals surface area contributed by atoms with Gasteiger partial charge in [0, 0.05) is 18.2 Å². The van der Waals surface area contributed by atoms with Gasteiger partial charge in [-0.15, -0.1) is 0 Å².